The first-order valence-electron chi connectivity index (χ1n) is 6.50. The summed E-state index contributed by atoms with van der Waals surface area (Å²) in [5.41, 5.74) is 7.01. The molecule has 1 aromatic rings. The summed E-state index contributed by atoms with van der Waals surface area (Å²) in [5.74, 6) is 1.41. The number of rotatable bonds is 3. The van der Waals surface area contributed by atoms with E-state index in [1.54, 1.807) is 14.2 Å². The van der Waals surface area contributed by atoms with Crippen molar-refractivity contribution in [1.29, 1.82) is 0 Å². The van der Waals surface area contributed by atoms with Gasteiger partial charge in [-0.2, -0.15) is 0 Å². The second kappa shape index (κ2) is 5.88. The van der Waals surface area contributed by atoms with Gasteiger partial charge in [0.05, 0.1) is 24.9 Å². The van der Waals surface area contributed by atoms with Gasteiger partial charge in [-0.1, -0.05) is 11.6 Å². The van der Waals surface area contributed by atoms with Crippen LogP contribution >= 0.6 is 11.6 Å². The number of hydrogen-bond acceptors (Lipinski definition) is 4. The normalized spacial score (nSPS) is 23.3. The standard InChI is InChI=1S/C14H21ClN2O2/c1-9-6-10(16)4-5-17(9)12-7-11(15)13(18-2)8-14(12)19-3/h7-10H,4-6,16H2,1-3H3. The molecule has 0 spiro atoms. The Morgan fingerprint density at radius 1 is 1.26 bits per heavy atom. The zero-order valence-electron chi connectivity index (χ0n) is 11.6. The van der Waals surface area contributed by atoms with Crippen molar-refractivity contribution in [2.45, 2.75) is 31.8 Å². The highest BCUT2D eigenvalue weighted by Gasteiger charge is 2.26. The molecule has 0 radical (unpaired) electrons. The lowest BCUT2D eigenvalue weighted by molar-refractivity contribution is 0.386. The first-order chi connectivity index (χ1) is 9.06. The monoisotopic (exact) mass is 284 g/mol. The van der Waals surface area contributed by atoms with Gasteiger partial charge in [-0.25, -0.2) is 0 Å². The lowest BCUT2D eigenvalue weighted by Crippen LogP contribution is -2.45. The van der Waals surface area contributed by atoms with E-state index in [0.717, 1.165) is 30.8 Å². The minimum absolute atomic E-state index is 0.283. The molecule has 0 saturated carbocycles. The van der Waals surface area contributed by atoms with E-state index in [4.69, 9.17) is 26.8 Å². The number of anilines is 1. The molecule has 2 atom stereocenters. The molecule has 0 aliphatic carbocycles. The maximum Gasteiger partial charge on any atom is 0.145 e. The van der Waals surface area contributed by atoms with Gasteiger partial charge in [0.2, 0.25) is 0 Å². The Kier molecular flexibility index (Phi) is 4.42. The van der Waals surface area contributed by atoms with Crippen molar-refractivity contribution in [3.63, 3.8) is 0 Å². The molecule has 19 heavy (non-hydrogen) atoms. The Bertz CT molecular complexity index is 453. The predicted octanol–water partition coefficient (Wildman–Crippen LogP) is 2.67. The van der Waals surface area contributed by atoms with Crippen LogP contribution in [0, 0.1) is 0 Å². The van der Waals surface area contributed by atoms with E-state index in [9.17, 15) is 0 Å². The minimum Gasteiger partial charge on any atom is -0.495 e. The molecule has 0 amide bonds. The third kappa shape index (κ3) is 2.90. The number of nitrogens with two attached hydrogens (primary N) is 1. The topological polar surface area (TPSA) is 47.7 Å². The molecule has 2 unspecified atom stereocenters. The van der Waals surface area contributed by atoms with Crippen molar-refractivity contribution in [1.82, 2.24) is 0 Å². The molecule has 1 heterocycles. The fraction of sp³-hybridized carbons (Fsp3) is 0.571. The zero-order chi connectivity index (χ0) is 14.0. The summed E-state index contributed by atoms with van der Waals surface area (Å²) in [6.07, 6.45) is 1.96. The molecule has 106 valence electrons. The van der Waals surface area contributed by atoms with Crippen LogP contribution < -0.4 is 20.1 Å². The summed E-state index contributed by atoms with van der Waals surface area (Å²) < 4.78 is 10.7. The average molecular weight is 285 g/mol. The number of ether oxygens (including phenoxy) is 2. The van der Waals surface area contributed by atoms with Crippen LogP contribution in [-0.4, -0.2) is 32.8 Å². The summed E-state index contributed by atoms with van der Waals surface area (Å²) in [5, 5.41) is 0.598. The van der Waals surface area contributed by atoms with Crippen LogP contribution in [0.25, 0.3) is 0 Å². The van der Waals surface area contributed by atoms with Crippen molar-refractivity contribution in [3.05, 3.63) is 17.2 Å². The molecule has 2 rings (SSSR count). The number of hydrogen-bond donors (Lipinski definition) is 1. The Hall–Kier alpha value is -1.13. The Morgan fingerprint density at radius 3 is 2.53 bits per heavy atom. The smallest absolute Gasteiger partial charge is 0.145 e. The van der Waals surface area contributed by atoms with Gasteiger partial charge in [0.15, 0.2) is 0 Å². The first kappa shape index (κ1) is 14.3. The first-order valence-corrected chi connectivity index (χ1v) is 6.88. The fourth-order valence-electron chi connectivity index (χ4n) is 2.64. The lowest BCUT2D eigenvalue weighted by atomic mass is 9.98. The number of nitrogens with zero attached hydrogens (tertiary/aromatic N) is 1. The molecular formula is C14H21ClN2O2. The van der Waals surface area contributed by atoms with Crippen LogP contribution in [0.2, 0.25) is 5.02 Å². The summed E-state index contributed by atoms with van der Waals surface area (Å²) in [6, 6.07) is 4.40. The molecule has 0 bridgehead atoms. The highest BCUT2D eigenvalue weighted by molar-refractivity contribution is 6.32. The molecule has 5 heteroatoms. The maximum absolute atomic E-state index is 6.22. The molecule has 1 saturated heterocycles. The predicted molar refractivity (Wildman–Crippen MR) is 78.6 cm³/mol. The summed E-state index contributed by atoms with van der Waals surface area (Å²) in [6.45, 7) is 3.10. The molecule has 1 aliphatic rings. The minimum atomic E-state index is 0.283. The van der Waals surface area contributed by atoms with Gasteiger partial charge in [0.1, 0.15) is 11.5 Å². The van der Waals surface area contributed by atoms with E-state index in [1.807, 2.05) is 12.1 Å². The number of benzene rings is 1. The molecular weight excluding hydrogens is 264 g/mol. The van der Waals surface area contributed by atoms with Gasteiger partial charge in [-0.05, 0) is 25.8 Å². The highest BCUT2D eigenvalue weighted by Crippen LogP contribution is 2.40. The Labute approximate surface area is 119 Å². The van der Waals surface area contributed by atoms with Gasteiger partial charge in [-0.3, -0.25) is 0 Å². The third-order valence-corrected chi connectivity index (χ3v) is 3.97. The van der Waals surface area contributed by atoms with Crippen molar-refractivity contribution >= 4 is 17.3 Å². The second-order valence-corrected chi connectivity index (χ2v) is 5.39. The number of piperidine rings is 1. The van der Waals surface area contributed by atoms with Crippen molar-refractivity contribution in [3.8, 4) is 11.5 Å². The molecule has 1 aromatic carbocycles. The van der Waals surface area contributed by atoms with Crippen molar-refractivity contribution in [2.75, 3.05) is 25.7 Å². The van der Waals surface area contributed by atoms with Crippen molar-refractivity contribution in [2.24, 2.45) is 5.73 Å². The van der Waals surface area contributed by atoms with Crippen LogP contribution in [-0.2, 0) is 0 Å². The Balaban J connectivity index is 2.35. The SMILES string of the molecule is COc1cc(OC)c(N2CCC(N)CC2C)cc1Cl. The maximum atomic E-state index is 6.22. The summed E-state index contributed by atoms with van der Waals surface area (Å²) >= 11 is 6.22. The Morgan fingerprint density at radius 2 is 1.95 bits per heavy atom. The van der Waals surface area contributed by atoms with Crippen LogP contribution in [0.5, 0.6) is 11.5 Å². The molecule has 2 N–H and O–H groups in total. The second-order valence-electron chi connectivity index (χ2n) is 4.99. The van der Waals surface area contributed by atoms with E-state index in [0.29, 0.717) is 16.8 Å². The van der Waals surface area contributed by atoms with Gasteiger partial charge >= 0.3 is 0 Å². The van der Waals surface area contributed by atoms with E-state index >= 15 is 0 Å². The van der Waals surface area contributed by atoms with Gasteiger partial charge < -0.3 is 20.1 Å². The fourth-order valence-corrected chi connectivity index (χ4v) is 2.87. The zero-order valence-corrected chi connectivity index (χ0v) is 12.4. The summed E-state index contributed by atoms with van der Waals surface area (Å²) in [7, 11) is 3.26. The lowest BCUT2D eigenvalue weighted by Gasteiger charge is -2.38. The number of halogens is 1. The van der Waals surface area contributed by atoms with Crippen LogP contribution in [0.3, 0.4) is 0 Å². The van der Waals surface area contributed by atoms with Crippen molar-refractivity contribution < 1.29 is 9.47 Å². The van der Waals surface area contributed by atoms with Crippen LogP contribution in [0.15, 0.2) is 12.1 Å². The van der Waals surface area contributed by atoms with Gasteiger partial charge in [0, 0.05) is 24.7 Å². The molecule has 0 aromatic heterocycles. The van der Waals surface area contributed by atoms with Gasteiger partial charge in [-0.15, -0.1) is 0 Å². The molecule has 1 fully saturated rings. The van der Waals surface area contributed by atoms with E-state index in [1.165, 1.54) is 0 Å². The van der Waals surface area contributed by atoms with Crippen LogP contribution in [0.4, 0.5) is 5.69 Å². The quantitative estimate of drug-likeness (QED) is 0.927. The molecule has 4 nitrogen and oxygen atoms in total. The van der Waals surface area contributed by atoms with E-state index < -0.39 is 0 Å². The van der Waals surface area contributed by atoms with Crippen LogP contribution in [0.1, 0.15) is 19.8 Å². The largest absolute Gasteiger partial charge is 0.495 e. The highest BCUT2D eigenvalue weighted by atomic mass is 35.5. The number of methoxy groups -OCH3 is 2. The van der Waals surface area contributed by atoms with E-state index in [2.05, 4.69) is 11.8 Å². The average Bonchev–Trinajstić information content (AvgIpc) is 2.38. The van der Waals surface area contributed by atoms with Gasteiger partial charge in [0.25, 0.3) is 0 Å². The third-order valence-electron chi connectivity index (χ3n) is 3.68. The summed E-state index contributed by atoms with van der Waals surface area (Å²) in [4.78, 5) is 2.30. The molecule has 1 aliphatic heterocycles. The van der Waals surface area contributed by atoms with E-state index in [-0.39, 0.29) is 6.04 Å².